The average Bonchev–Trinajstić information content (AvgIpc) is 2.37. The number of hydrogen-bond acceptors (Lipinski definition) is 4. The second-order valence-electron chi connectivity index (χ2n) is 3.38. The van der Waals surface area contributed by atoms with Gasteiger partial charge in [-0.05, 0) is 18.2 Å². The van der Waals surface area contributed by atoms with Crippen LogP contribution in [0.2, 0.25) is 5.02 Å². The quantitative estimate of drug-likeness (QED) is 0.903. The lowest BCUT2D eigenvalue weighted by molar-refractivity contribution is 0.429. The maximum Gasteiger partial charge on any atom is 0.242 e. The topological polar surface area (TPSA) is 71.9 Å². The van der Waals surface area contributed by atoms with E-state index in [1.54, 1.807) is 6.07 Å². The molecule has 0 saturated carbocycles. The number of anilines is 1. The molecule has 0 unspecified atom stereocenters. The van der Waals surface area contributed by atoms with Crippen molar-refractivity contribution in [3.05, 3.63) is 46.9 Å². The van der Waals surface area contributed by atoms with Gasteiger partial charge in [0.05, 0.1) is 16.3 Å². The highest BCUT2D eigenvalue weighted by molar-refractivity contribution is 6.30. The fourth-order valence-electron chi connectivity index (χ4n) is 1.28. The smallest absolute Gasteiger partial charge is 0.242 e. The molecule has 18 heavy (non-hydrogen) atoms. The van der Waals surface area contributed by atoms with Gasteiger partial charge in [0, 0.05) is 6.20 Å². The van der Waals surface area contributed by atoms with Crippen LogP contribution in [0.25, 0.3) is 0 Å². The monoisotopic (exact) mass is 263 g/mol. The van der Waals surface area contributed by atoms with E-state index >= 15 is 0 Å². The number of nitrogens with zero attached hydrogens (tertiary/aromatic N) is 2. The van der Waals surface area contributed by atoms with Gasteiger partial charge in [-0.15, -0.1) is 0 Å². The predicted molar refractivity (Wildman–Crippen MR) is 64.8 cm³/mol. The van der Waals surface area contributed by atoms with Crippen LogP contribution in [0.1, 0.15) is 5.56 Å². The number of halogens is 2. The predicted octanol–water partition coefficient (Wildman–Crippen LogP) is 3.12. The summed E-state index contributed by atoms with van der Waals surface area (Å²) in [5, 5.41) is 8.60. The van der Waals surface area contributed by atoms with Crippen LogP contribution >= 0.6 is 11.6 Å². The first kappa shape index (κ1) is 12.1. The van der Waals surface area contributed by atoms with Crippen molar-refractivity contribution in [3.8, 4) is 17.7 Å². The number of rotatable bonds is 2. The molecule has 4 nitrogen and oxygen atoms in total. The number of benzene rings is 1. The summed E-state index contributed by atoms with van der Waals surface area (Å²) < 4.78 is 18.8. The molecule has 6 heteroatoms. The van der Waals surface area contributed by atoms with Crippen molar-refractivity contribution in [2.45, 2.75) is 0 Å². The van der Waals surface area contributed by atoms with Crippen LogP contribution in [0.15, 0.2) is 30.5 Å². The largest absolute Gasteiger partial charge is 0.434 e. The van der Waals surface area contributed by atoms with E-state index in [1.807, 2.05) is 6.07 Å². The fourth-order valence-corrected chi connectivity index (χ4v) is 1.45. The highest BCUT2D eigenvalue weighted by Gasteiger charge is 2.11. The Labute approximate surface area is 107 Å². The molecule has 2 N–H and O–H groups in total. The minimum Gasteiger partial charge on any atom is -0.434 e. The Morgan fingerprint density at radius 1 is 1.44 bits per heavy atom. The van der Waals surface area contributed by atoms with Gasteiger partial charge >= 0.3 is 0 Å². The van der Waals surface area contributed by atoms with Gasteiger partial charge < -0.3 is 10.5 Å². The first-order valence-electron chi connectivity index (χ1n) is 4.89. The lowest BCUT2D eigenvalue weighted by Gasteiger charge is -2.08. The molecule has 2 aromatic rings. The van der Waals surface area contributed by atoms with Gasteiger partial charge in [-0.2, -0.15) is 5.26 Å². The molecule has 0 aliphatic carbocycles. The van der Waals surface area contributed by atoms with Crippen LogP contribution in [0.4, 0.5) is 10.1 Å². The maximum atomic E-state index is 13.6. The minimum absolute atomic E-state index is 0.0233. The highest BCUT2D eigenvalue weighted by Crippen LogP contribution is 2.30. The maximum absolute atomic E-state index is 13.6. The Kier molecular flexibility index (Phi) is 3.31. The Morgan fingerprint density at radius 3 is 2.89 bits per heavy atom. The molecule has 0 saturated heterocycles. The first-order chi connectivity index (χ1) is 8.61. The highest BCUT2D eigenvalue weighted by atomic mass is 35.5. The molecule has 0 amide bonds. The molecule has 1 heterocycles. The third-order valence-electron chi connectivity index (χ3n) is 2.13. The van der Waals surface area contributed by atoms with E-state index in [0.717, 1.165) is 0 Å². The molecule has 0 atom stereocenters. The number of pyridine rings is 1. The van der Waals surface area contributed by atoms with Gasteiger partial charge in [-0.1, -0.05) is 17.7 Å². The molecule has 0 aliphatic rings. The second kappa shape index (κ2) is 4.90. The van der Waals surface area contributed by atoms with Crippen LogP contribution in [-0.4, -0.2) is 4.98 Å². The zero-order chi connectivity index (χ0) is 13.1. The number of nitrogen functional groups attached to an aromatic ring is 1. The molecule has 1 aromatic heterocycles. The van der Waals surface area contributed by atoms with Crippen molar-refractivity contribution in [2.75, 3.05) is 5.73 Å². The zero-order valence-corrected chi connectivity index (χ0v) is 9.78. The van der Waals surface area contributed by atoms with Crippen molar-refractivity contribution >= 4 is 17.3 Å². The van der Waals surface area contributed by atoms with Crippen LogP contribution in [0, 0.1) is 17.1 Å². The zero-order valence-electron chi connectivity index (χ0n) is 9.02. The Hall–Kier alpha value is -2.32. The summed E-state index contributed by atoms with van der Waals surface area (Å²) in [6.07, 6.45) is 1.29. The van der Waals surface area contributed by atoms with Gasteiger partial charge in [0.15, 0.2) is 11.6 Å². The van der Waals surface area contributed by atoms with Gasteiger partial charge in [0.25, 0.3) is 0 Å². The Balaban J connectivity index is 2.35. The average molecular weight is 264 g/mol. The van der Waals surface area contributed by atoms with Crippen molar-refractivity contribution in [1.82, 2.24) is 4.98 Å². The second-order valence-corrected chi connectivity index (χ2v) is 3.79. The minimum atomic E-state index is -0.690. The molecule has 90 valence electrons. The summed E-state index contributed by atoms with van der Waals surface area (Å²) in [5.41, 5.74) is 6.08. The van der Waals surface area contributed by atoms with Crippen molar-refractivity contribution < 1.29 is 9.13 Å². The number of aromatic nitrogens is 1. The lowest BCUT2D eigenvalue weighted by atomic mass is 10.3. The molecule has 1 aromatic carbocycles. The fraction of sp³-hybridized carbons (Fsp3) is 0. The molecule has 0 bridgehead atoms. The number of nitrogens with two attached hydrogens (primary N) is 1. The van der Waals surface area contributed by atoms with E-state index in [-0.39, 0.29) is 22.3 Å². The molecule has 0 fully saturated rings. The van der Waals surface area contributed by atoms with Crippen LogP contribution in [0.5, 0.6) is 11.6 Å². The van der Waals surface area contributed by atoms with Crippen LogP contribution in [-0.2, 0) is 0 Å². The summed E-state index contributed by atoms with van der Waals surface area (Å²) in [7, 11) is 0. The Morgan fingerprint density at radius 2 is 2.22 bits per heavy atom. The third-order valence-corrected chi connectivity index (χ3v) is 2.42. The first-order valence-corrected chi connectivity index (χ1v) is 5.27. The van der Waals surface area contributed by atoms with Gasteiger partial charge in [-0.3, -0.25) is 0 Å². The number of ether oxygens (including phenoxy) is 1. The molecule has 0 aliphatic heterocycles. The lowest BCUT2D eigenvalue weighted by Crippen LogP contribution is -1.97. The summed E-state index contributed by atoms with van der Waals surface area (Å²) in [5.74, 6) is -0.744. The van der Waals surface area contributed by atoms with E-state index in [0.29, 0.717) is 5.56 Å². The van der Waals surface area contributed by atoms with Gasteiger partial charge in [0.1, 0.15) is 6.07 Å². The molecule has 0 spiro atoms. The third kappa shape index (κ3) is 2.34. The SMILES string of the molecule is N#Cc1cnc(Oc2cccc(Cl)c2F)c(N)c1. The molecular formula is C12H7ClFN3O. The van der Waals surface area contributed by atoms with E-state index in [1.165, 1.54) is 24.4 Å². The molecule has 2 rings (SSSR count). The normalized spacial score (nSPS) is 9.83. The summed E-state index contributed by atoms with van der Waals surface area (Å²) in [6.45, 7) is 0. The summed E-state index contributed by atoms with van der Waals surface area (Å²) >= 11 is 5.62. The summed E-state index contributed by atoms with van der Waals surface area (Å²) in [4.78, 5) is 3.84. The number of hydrogen-bond donors (Lipinski definition) is 1. The van der Waals surface area contributed by atoms with E-state index in [4.69, 9.17) is 27.3 Å². The van der Waals surface area contributed by atoms with E-state index < -0.39 is 5.82 Å². The van der Waals surface area contributed by atoms with Gasteiger partial charge in [0.2, 0.25) is 5.88 Å². The van der Waals surface area contributed by atoms with Crippen LogP contribution < -0.4 is 10.5 Å². The van der Waals surface area contributed by atoms with E-state index in [9.17, 15) is 4.39 Å². The molecular weight excluding hydrogens is 257 g/mol. The van der Waals surface area contributed by atoms with Gasteiger partial charge in [-0.25, -0.2) is 9.37 Å². The van der Waals surface area contributed by atoms with Crippen molar-refractivity contribution in [1.29, 1.82) is 5.26 Å². The number of nitriles is 1. The Bertz CT molecular complexity index is 640. The van der Waals surface area contributed by atoms with Crippen molar-refractivity contribution in [3.63, 3.8) is 0 Å². The van der Waals surface area contributed by atoms with Crippen LogP contribution in [0.3, 0.4) is 0 Å². The summed E-state index contributed by atoms with van der Waals surface area (Å²) in [6, 6.07) is 7.63. The molecule has 0 radical (unpaired) electrons. The standard InChI is InChI=1S/C12H7ClFN3O/c13-8-2-1-3-10(11(8)14)18-12-9(16)4-7(5-15)6-17-12/h1-4,6H,16H2. The van der Waals surface area contributed by atoms with E-state index in [2.05, 4.69) is 4.98 Å². The van der Waals surface area contributed by atoms with Crippen molar-refractivity contribution in [2.24, 2.45) is 0 Å².